The Morgan fingerprint density at radius 3 is 2.21 bits per heavy atom. The van der Waals surface area contributed by atoms with Gasteiger partial charge in [-0.3, -0.25) is 4.79 Å². The molecule has 0 heterocycles. The molecule has 1 atom stereocenters. The average molecular weight is 301 g/mol. The standard InChI is InChI=1S/C16H22Cl2O/c1-11(10-16(2,3)4)8-12(19)9-13-14(17)6-5-7-15(13)18/h5-7,11H,8-10H2,1-4H3. The Hall–Kier alpha value is -0.530. The van der Waals surface area contributed by atoms with Gasteiger partial charge in [-0.1, -0.05) is 57.0 Å². The Balaban J connectivity index is 2.61. The fourth-order valence-electron chi connectivity index (χ4n) is 2.48. The van der Waals surface area contributed by atoms with Crippen LogP contribution in [-0.4, -0.2) is 5.78 Å². The Morgan fingerprint density at radius 2 is 1.74 bits per heavy atom. The number of hydrogen-bond donors (Lipinski definition) is 0. The smallest absolute Gasteiger partial charge is 0.137 e. The van der Waals surface area contributed by atoms with Crippen molar-refractivity contribution in [3.05, 3.63) is 33.8 Å². The first-order valence-electron chi connectivity index (χ1n) is 6.63. The Morgan fingerprint density at radius 1 is 1.21 bits per heavy atom. The van der Waals surface area contributed by atoms with Crippen LogP contribution in [-0.2, 0) is 11.2 Å². The summed E-state index contributed by atoms with van der Waals surface area (Å²) in [4.78, 5) is 12.1. The van der Waals surface area contributed by atoms with Crippen molar-refractivity contribution >= 4 is 29.0 Å². The molecule has 0 aliphatic rings. The molecule has 106 valence electrons. The van der Waals surface area contributed by atoms with Crippen LogP contribution < -0.4 is 0 Å². The summed E-state index contributed by atoms with van der Waals surface area (Å²) in [6.07, 6.45) is 1.95. The average Bonchev–Trinajstić information content (AvgIpc) is 2.20. The van der Waals surface area contributed by atoms with Gasteiger partial charge in [-0.15, -0.1) is 0 Å². The van der Waals surface area contributed by atoms with E-state index in [1.807, 2.05) is 0 Å². The fourth-order valence-corrected chi connectivity index (χ4v) is 3.01. The van der Waals surface area contributed by atoms with E-state index in [9.17, 15) is 4.79 Å². The summed E-state index contributed by atoms with van der Waals surface area (Å²) in [6.45, 7) is 8.70. The first-order valence-corrected chi connectivity index (χ1v) is 7.39. The summed E-state index contributed by atoms with van der Waals surface area (Å²) in [5.41, 5.74) is 1.00. The highest BCUT2D eigenvalue weighted by Gasteiger charge is 2.19. The molecular weight excluding hydrogens is 279 g/mol. The molecule has 0 radical (unpaired) electrons. The van der Waals surface area contributed by atoms with Crippen LogP contribution in [0.15, 0.2) is 18.2 Å². The largest absolute Gasteiger partial charge is 0.299 e. The number of carbonyl (C=O) groups is 1. The van der Waals surface area contributed by atoms with Crippen LogP contribution in [0.5, 0.6) is 0 Å². The van der Waals surface area contributed by atoms with Crippen molar-refractivity contribution in [1.82, 2.24) is 0 Å². The lowest BCUT2D eigenvalue weighted by molar-refractivity contribution is -0.119. The van der Waals surface area contributed by atoms with Crippen molar-refractivity contribution in [1.29, 1.82) is 0 Å². The molecule has 0 saturated carbocycles. The summed E-state index contributed by atoms with van der Waals surface area (Å²) in [5.74, 6) is 0.584. The lowest BCUT2D eigenvalue weighted by Crippen LogP contribution is -2.15. The van der Waals surface area contributed by atoms with Gasteiger partial charge in [0.15, 0.2) is 0 Å². The van der Waals surface area contributed by atoms with Gasteiger partial charge in [-0.25, -0.2) is 0 Å². The highest BCUT2D eigenvalue weighted by Crippen LogP contribution is 2.28. The summed E-state index contributed by atoms with van der Waals surface area (Å²) < 4.78 is 0. The lowest BCUT2D eigenvalue weighted by Gasteiger charge is -2.22. The third kappa shape index (κ3) is 5.97. The second-order valence-corrected chi connectivity index (χ2v) is 7.30. The van der Waals surface area contributed by atoms with Crippen molar-refractivity contribution in [3.8, 4) is 0 Å². The zero-order valence-electron chi connectivity index (χ0n) is 12.1. The van der Waals surface area contributed by atoms with E-state index in [0.717, 1.165) is 12.0 Å². The monoisotopic (exact) mass is 300 g/mol. The molecule has 0 N–H and O–H groups in total. The van der Waals surface area contributed by atoms with Crippen molar-refractivity contribution in [2.24, 2.45) is 11.3 Å². The molecule has 19 heavy (non-hydrogen) atoms. The number of carbonyl (C=O) groups excluding carboxylic acids is 1. The first-order chi connectivity index (χ1) is 8.69. The van der Waals surface area contributed by atoms with Crippen LogP contribution in [0, 0.1) is 11.3 Å². The fraction of sp³-hybridized carbons (Fsp3) is 0.562. The van der Waals surface area contributed by atoms with E-state index in [0.29, 0.717) is 28.8 Å². The van der Waals surface area contributed by atoms with Crippen LogP contribution in [0.2, 0.25) is 10.0 Å². The van der Waals surface area contributed by atoms with Gasteiger partial charge in [0.2, 0.25) is 0 Å². The van der Waals surface area contributed by atoms with Gasteiger partial charge < -0.3 is 0 Å². The minimum absolute atomic E-state index is 0.201. The van der Waals surface area contributed by atoms with Crippen LogP contribution in [0.3, 0.4) is 0 Å². The highest BCUT2D eigenvalue weighted by molar-refractivity contribution is 6.36. The maximum Gasteiger partial charge on any atom is 0.137 e. The van der Waals surface area contributed by atoms with Gasteiger partial charge in [0.25, 0.3) is 0 Å². The van der Waals surface area contributed by atoms with Gasteiger partial charge in [0, 0.05) is 22.9 Å². The highest BCUT2D eigenvalue weighted by atomic mass is 35.5. The predicted molar refractivity (Wildman–Crippen MR) is 83.0 cm³/mol. The zero-order valence-corrected chi connectivity index (χ0v) is 13.6. The maximum atomic E-state index is 12.1. The molecule has 0 bridgehead atoms. The second-order valence-electron chi connectivity index (χ2n) is 6.49. The summed E-state index contributed by atoms with van der Waals surface area (Å²) in [6, 6.07) is 5.34. The molecule has 0 spiro atoms. The van der Waals surface area contributed by atoms with Crippen LogP contribution in [0.4, 0.5) is 0 Å². The van der Waals surface area contributed by atoms with Crippen molar-refractivity contribution in [2.45, 2.75) is 47.0 Å². The zero-order chi connectivity index (χ0) is 14.6. The van der Waals surface area contributed by atoms with Crippen LogP contribution in [0.1, 0.15) is 46.1 Å². The van der Waals surface area contributed by atoms with E-state index in [2.05, 4.69) is 27.7 Å². The number of Topliss-reactive ketones (excluding diaryl/α,β-unsaturated/α-hetero) is 1. The minimum Gasteiger partial charge on any atom is -0.299 e. The maximum absolute atomic E-state index is 12.1. The van der Waals surface area contributed by atoms with Crippen molar-refractivity contribution < 1.29 is 4.79 Å². The molecule has 0 aliphatic carbocycles. The summed E-state index contributed by atoms with van der Waals surface area (Å²) in [7, 11) is 0. The van der Waals surface area contributed by atoms with E-state index in [-0.39, 0.29) is 11.2 Å². The van der Waals surface area contributed by atoms with Gasteiger partial charge >= 0.3 is 0 Å². The van der Waals surface area contributed by atoms with Gasteiger partial charge in [0.1, 0.15) is 5.78 Å². The SMILES string of the molecule is CC(CC(=O)Cc1c(Cl)cccc1Cl)CC(C)(C)C. The van der Waals surface area contributed by atoms with Crippen LogP contribution in [0.25, 0.3) is 0 Å². The Bertz CT molecular complexity index is 426. The predicted octanol–water partition coefficient (Wildman–Crippen LogP) is 5.57. The molecule has 0 fully saturated rings. The molecule has 0 saturated heterocycles. The van der Waals surface area contributed by atoms with E-state index < -0.39 is 0 Å². The molecule has 1 unspecified atom stereocenters. The van der Waals surface area contributed by atoms with E-state index in [4.69, 9.17) is 23.2 Å². The van der Waals surface area contributed by atoms with E-state index in [1.165, 1.54) is 0 Å². The summed E-state index contributed by atoms with van der Waals surface area (Å²) >= 11 is 12.2. The number of halogens is 2. The number of rotatable bonds is 5. The van der Waals surface area contributed by atoms with Gasteiger partial charge in [-0.2, -0.15) is 0 Å². The Kier molecular flexibility index (Phi) is 5.88. The summed E-state index contributed by atoms with van der Waals surface area (Å²) in [5, 5.41) is 1.15. The topological polar surface area (TPSA) is 17.1 Å². The molecule has 0 aromatic heterocycles. The van der Waals surface area contributed by atoms with Crippen molar-refractivity contribution in [2.75, 3.05) is 0 Å². The van der Waals surface area contributed by atoms with Gasteiger partial charge in [-0.05, 0) is 35.4 Å². The minimum atomic E-state index is 0.201. The lowest BCUT2D eigenvalue weighted by atomic mass is 9.83. The van der Waals surface area contributed by atoms with Crippen molar-refractivity contribution in [3.63, 3.8) is 0 Å². The number of benzene rings is 1. The molecule has 0 amide bonds. The van der Waals surface area contributed by atoms with E-state index >= 15 is 0 Å². The molecule has 1 nitrogen and oxygen atoms in total. The molecule has 0 aliphatic heterocycles. The van der Waals surface area contributed by atoms with Gasteiger partial charge in [0.05, 0.1) is 0 Å². The normalized spacial score (nSPS) is 13.4. The molecule has 1 rings (SSSR count). The second kappa shape index (κ2) is 6.76. The molecule has 1 aromatic rings. The van der Waals surface area contributed by atoms with E-state index in [1.54, 1.807) is 18.2 Å². The third-order valence-electron chi connectivity index (χ3n) is 2.97. The Labute approximate surface area is 126 Å². The molecule has 3 heteroatoms. The molecular formula is C16H22Cl2O. The number of ketones is 1. The molecule has 1 aromatic carbocycles. The quantitative estimate of drug-likeness (QED) is 0.695. The number of hydrogen-bond acceptors (Lipinski definition) is 1. The first kappa shape index (κ1) is 16.5. The third-order valence-corrected chi connectivity index (χ3v) is 3.68. The van der Waals surface area contributed by atoms with Crippen LogP contribution >= 0.6 is 23.2 Å².